The van der Waals surface area contributed by atoms with Crippen molar-refractivity contribution >= 4 is 57.3 Å². The van der Waals surface area contributed by atoms with Gasteiger partial charge in [0.05, 0.1) is 20.9 Å². The Morgan fingerprint density at radius 1 is 0.929 bits per heavy atom. The Balaban J connectivity index is 0.000000271. The van der Waals surface area contributed by atoms with Crippen LogP contribution in [0.15, 0.2) is 10.8 Å². The van der Waals surface area contributed by atoms with Gasteiger partial charge in [0.1, 0.15) is 5.78 Å². The molecule has 42 heavy (non-hydrogen) atoms. The Bertz CT molecular complexity index is 919. The Kier molecular flexibility index (Phi) is 21.8. The predicted molar refractivity (Wildman–Crippen MR) is 189 cm³/mol. The van der Waals surface area contributed by atoms with Crippen molar-refractivity contribution in [2.24, 2.45) is 11.7 Å². The Labute approximate surface area is 274 Å². The van der Waals surface area contributed by atoms with E-state index in [9.17, 15) is 4.79 Å². The van der Waals surface area contributed by atoms with E-state index in [-0.39, 0.29) is 11.7 Å². The molecule has 10 heteroatoms. The maximum Gasteiger partial charge on any atom is 0.144 e. The number of aryl methyl sites for hydroxylation is 2. The maximum atomic E-state index is 9.68. The molecule has 240 valence electrons. The number of alkyl halides is 1. The minimum absolute atomic E-state index is 0.0201. The number of hydrogen-bond acceptors (Lipinski definition) is 8. The molecule has 3 fully saturated rings. The first-order valence-electron chi connectivity index (χ1n) is 15.8. The number of thiocarbonyl (C=S) groups is 1. The third kappa shape index (κ3) is 16.8. The van der Waals surface area contributed by atoms with E-state index in [1.807, 2.05) is 11.3 Å². The largest absolute Gasteiger partial charge is 0.393 e. The second kappa shape index (κ2) is 23.4. The van der Waals surface area contributed by atoms with E-state index < -0.39 is 0 Å². The summed E-state index contributed by atoms with van der Waals surface area (Å²) in [6.45, 7) is 18.0. The molecule has 2 aliphatic carbocycles. The maximum absolute atomic E-state index is 9.68. The van der Waals surface area contributed by atoms with Crippen molar-refractivity contribution in [1.82, 2.24) is 20.2 Å². The highest BCUT2D eigenvalue weighted by molar-refractivity contribution is 7.80. The van der Waals surface area contributed by atoms with Gasteiger partial charge in [-0.15, -0.1) is 34.3 Å². The van der Waals surface area contributed by atoms with Crippen molar-refractivity contribution in [3.8, 4) is 0 Å². The highest BCUT2D eigenvalue weighted by Gasteiger charge is 2.20. The number of ketones is 1. The molecule has 6 nitrogen and oxygen atoms in total. The lowest BCUT2D eigenvalue weighted by Gasteiger charge is -2.13. The van der Waals surface area contributed by atoms with Gasteiger partial charge < -0.3 is 16.0 Å². The quantitative estimate of drug-likeness (QED) is 0.229. The van der Waals surface area contributed by atoms with Gasteiger partial charge in [-0.3, -0.25) is 4.79 Å². The fourth-order valence-corrected chi connectivity index (χ4v) is 7.18. The second-order valence-electron chi connectivity index (χ2n) is 11.2. The van der Waals surface area contributed by atoms with Gasteiger partial charge in [0.15, 0.2) is 0 Å². The summed E-state index contributed by atoms with van der Waals surface area (Å²) in [5.74, 6) is 2.22. The zero-order chi connectivity index (χ0) is 31.3. The average Bonchev–Trinajstić information content (AvgIpc) is 3.82. The predicted octanol–water partition coefficient (Wildman–Crippen LogP) is 8.26. The minimum Gasteiger partial charge on any atom is -0.393 e. The van der Waals surface area contributed by atoms with E-state index in [0.717, 1.165) is 29.7 Å². The molecule has 3 N–H and O–H groups in total. The second-order valence-corrected chi connectivity index (χ2v) is 13.7. The topological polar surface area (TPSA) is 84.1 Å². The van der Waals surface area contributed by atoms with Crippen molar-refractivity contribution in [2.75, 3.05) is 38.6 Å². The van der Waals surface area contributed by atoms with Crippen LogP contribution >= 0.6 is 46.5 Å². The molecule has 0 bridgehead atoms. The fourth-order valence-electron chi connectivity index (χ4n) is 5.04. The molecule has 0 aromatic carbocycles. The SMILES string of the molecule is CC(=O)CCl.CCN(CC)CC.Cc1csc(C2CCCC2)n1.Cc1csc(C2CCNC2)n1.NC(=S)C1CCCC1. The van der Waals surface area contributed by atoms with E-state index in [1.165, 1.54) is 100 Å². The van der Waals surface area contributed by atoms with Crippen molar-refractivity contribution in [3.05, 3.63) is 32.2 Å². The first-order chi connectivity index (χ1) is 20.1. The summed E-state index contributed by atoms with van der Waals surface area (Å²) in [5.41, 5.74) is 7.78. The molecule has 1 atom stereocenters. The summed E-state index contributed by atoms with van der Waals surface area (Å²) in [4.78, 5) is 21.8. The number of hydrogen-bond donors (Lipinski definition) is 2. The van der Waals surface area contributed by atoms with Crippen LogP contribution in [0.2, 0.25) is 0 Å². The summed E-state index contributed by atoms with van der Waals surface area (Å²) in [6.07, 6.45) is 11.9. The highest BCUT2D eigenvalue weighted by Crippen LogP contribution is 2.35. The third-order valence-corrected chi connectivity index (χ3v) is 10.6. The number of thiazole rings is 2. The van der Waals surface area contributed by atoms with Gasteiger partial charge in [-0.2, -0.15) is 0 Å². The van der Waals surface area contributed by atoms with Crippen LogP contribution in [0.25, 0.3) is 0 Å². The number of Topliss-reactive ketones (excluding diaryl/α,β-unsaturated/α-hetero) is 1. The average molecular weight is 658 g/mol. The van der Waals surface area contributed by atoms with Crippen molar-refractivity contribution in [2.45, 2.75) is 111 Å². The minimum atomic E-state index is 0.0201. The van der Waals surface area contributed by atoms with Gasteiger partial charge in [-0.25, -0.2) is 9.97 Å². The van der Waals surface area contributed by atoms with Gasteiger partial charge >= 0.3 is 0 Å². The van der Waals surface area contributed by atoms with Gasteiger partial charge in [0, 0.05) is 46.4 Å². The van der Waals surface area contributed by atoms with E-state index >= 15 is 0 Å². The molecule has 3 aliphatic rings. The molecule has 2 aromatic heterocycles. The first-order valence-corrected chi connectivity index (χ1v) is 18.5. The molecule has 1 aliphatic heterocycles. The van der Waals surface area contributed by atoms with Crippen LogP contribution in [0.1, 0.15) is 119 Å². The van der Waals surface area contributed by atoms with E-state index in [0.29, 0.717) is 11.8 Å². The molecular weight excluding hydrogens is 602 g/mol. The number of rotatable bonds is 7. The highest BCUT2D eigenvalue weighted by atomic mass is 35.5. The van der Waals surface area contributed by atoms with Gasteiger partial charge in [-0.05, 0) is 79.1 Å². The molecule has 0 amide bonds. The zero-order valence-electron chi connectivity index (χ0n) is 26.9. The van der Waals surface area contributed by atoms with Gasteiger partial charge in [0.25, 0.3) is 0 Å². The van der Waals surface area contributed by atoms with Crippen LogP contribution in [-0.4, -0.2) is 64.2 Å². The summed E-state index contributed by atoms with van der Waals surface area (Å²) < 4.78 is 0. The molecule has 2 aromatic rings. The number of nitrogens with zero attached hydrogens (tertiary/aromatic N) is 3. The van der Waals surface area contributed by atoms with Gasteiger partial charge in [-0.1, -0.05) is 58.7 Å². The summed E-state index contributed by atoms with van der Waals surface area (Å²) in [7, 11) is 0. The van der Waals surface area contributed by atoms with Crippen LogP contribution < -0.4 is 11.1 Å². The summed E-state index contributed by atoms with van der Waals surface area (Å²) >= 11 is 13.5. The Morgan fingerprint density at radius 3 is 1.67 bits per heavy atom. The third-order valence-electron chi connectivity index (χ3n) is 7.67. The molecule has 3 heterocycles. The molecule has 0 radical (unpaired) electrons. The Hall–Kier alpha value is -0.970. The van der Waals surface area contributed by atoms with E-state index in [1.54, 1.807) is 11.3 Å². The first kappa shape index (κ1) is 39.1. The number of aromatic nitrogens is 2. The number of nitrogens with two attached hydrogens (primary N) is 1. The lowest BCUT2D eigenvalue weighted by atomic mass is 10.1. The monoisotopic (exact) mass is 657 g/mol. The molecular formula is C32H56ClN5OS3. The van der Waals surface area contributed by atoms with Crippen LogP contribution in [0, 0.1) is 19.8 Å². The van der Waals surface area contributed by atoms with Crippen molar-refractivity contribution in [1.29, 1.82) is 0 Å². The lowest BCUT2D eigenvalue weighted by Crippen LogP contribution is -2.21. The van der Waals surface area contributed by atoms with Crippen molar-refractivity contribution in [3.63, 3.8) is 0 Å². The molecule has 5 rings (SSSR count). The lowest BCUT2D eigenvalue weighted by molar-refractivity contribution is -0.114. The van der Waals surface area contributed by atoms with Gasteiger partial charge in [0.2, 0.25) is 0 Å². The van der Waals surface area contributed by atoms with Crippen molar-refractivity contribution < 1.29 is 4.79 Å². The number of nitrogens with one attached hydrogen (secondary N) is 1. The number of carbonyl (C=O) groups is 1. The Morgan fingerprint density at radius 2 is 1.38 bits per heavy atom. The van der Waals surface area contributed by atoms with Crippen LogP contribution in [-0.2, 0) is 4.79 Å². The van der Waals surface area contributed by atoms with Crippen LogP contribution in [0.4, 0.5) is 0 Å². The summed E-state index contributed by atoms with van der Waals surface area (Å²) in [5, 5.41) is 10.3. The molecule has 1 unspecified atom stereocenters. The number of carbonyl (C=O) groups excluding carboxylic acids is 1. The molecule has 0 spiro atoms. The summed E-state index contributed by atoms with van der Waals surface area (Å²) in [6, 6.07) is 0. The number of halogens is 1. The normalized spacial score (nSPS) is 18.1. The zero-order valence-corrected chi connectivity index (χ0v) is 30.1. The molecule has 2 saturated carbocycles. The van der Waals surface area contributed by atoms with Crippen LogP contribution in [0.3, 0.4) is 0 Å². The standard InChI is InChI=1S/C9H13NS.C8H12N2S.C6H11NS.C6H15N.C3H5ClO/c1-7-6-11-9(10-7)8-4-2-3-5-8;1-6-5-11-8(10-6)7-2-3-9-4-7;7-6(8)5-3-1-2-4-5;1-4-7(5-2)6-3;1-3(5)2-4/h6,8H,2-5H2,1H3;5,7,9H,2-4H2,1H3;5H,1-4H2,(H2,7,8);4-6H2,1-3H3;2H2,1H3. The van der Waals surface area contributed by atoms with E-state index in [4.69, 9.17) is 29.6 Å². The smallest absolute Gasteiger partial charge is 0.144 e. The van der Waals surface area contributed by atoms with Crippen LogP contribution in [0.5, 0.6) is 0 Å². The molecule has 1 saturated heterocycles. The van der Waals surface area contributed by atoms with E-state index in [2.05, 4.69) is 65.6 Å². The fraction of sp³-hybridized carbons (Fsp3) is 0.750.